The largest absolute Gasteiger partial charge is 0.493 e. The summed E-state index contributed by atoms with van der Waals surface area (Å²) in [5.74, 6) is 1.74. The first kappa shape index (κ1) is 22.5. The highest BCUT2D eigenvalue weighted by molar-refractivity contribution is 14.0. The minimum atomic E-state index is -0.996. The molecule has 0 amide bonds. The smallest absolute Gasteiger partial charge is 0.191 e. The van der Waals surface area contributed by atoms with Gasteiger partial charge in [-0.25, -0.2) is 4.99 Å². The van der Waals surface area contributed by atoms with Crippen molar-refractivity contribution in [1.82, 2.24) is 10.6 Å². The molecule has 0 aromatic heterocycles. The van der Waals surface area contributed by atoms with E-state index in [4.69, 9.17) is 4.74 Å². The van der Waals surface area contributed by atoms with Crippen molar-refractivity contribution in [1.29, 1.82) is 0 Å². The summed E-state index contributed by atoms with van der Waals surface area (Å²) >= 11 is 0. The molecule has 2 aromatic carbocycles. The molecule has 1 aliphatic rings. The molecule has 28 heavy (non-hydrogen) atoms. The molecule has 1 atom stereocenters. The molecule has 0 bridgehead atoms. The van der Waals surface area contributed by atoms with Crippen LogP contribution in [0.15, 0.2) is 53.5 Å². The van der Waals surface area contributed by atoms with Crippen molar-refractivity contribution in [3.8, 4) is 5.75 Å². The summed E-state index contributed by atoms with van der Waals surface area (Å²) in [5, 5.41) is 17.3. The molecule has 0 fully saturated rings. The molecule has 1 heterocycles. The molecule has 0 saturated heterocycles. The van der Waals surface area contributed by atoms with Gasteiger partial charge in [-0.3, -0.25) is 0 Å². The summed E-state index contributed by atoms with van der Waals surface area (Å²) in [6.07, 6.45) is 1.90. The Kier molecular flexibility index (Phi) is 8.57. The lowest BCUT2D eigenvalue weighted by molar-refractivity contribution is 0.0672. The average Bonchev–Trinajstić information content (AvgIpc) is 3.15. The zero-order chi connectivity index (χ0) is 19.1. The summed E-state index contributed by atoms with van der Waals surface area (Å²) in [6, 6.07) is 16.1. The Morgan fingerprint density at radius 1 is 1.18 bits per heavy atom. The first-order valence-electron chi connectivity index (χ1n) is 9.63. The van der Waals surface area contributed by atoms with E-state index < -0.39 is 5.60 Å². The number of halogens is 1. The maximum absolute atomic E-state index is 10.7. The number of nitrogens with zero attached hydrogens (tertiary/aromatic N) is 1. The number of aliphatic hydroxyl groups is 1. The van der Waals surface area contributed by atoms with E-state index in [-0.39, 0.29) is 24.0 Å². The van der Waals surface area contributed by atoms with Gasteiger partial charge in [-0.15, -0.1) is 24.0 Å². The molecule has 1 unspecified atom stereocenters. The fourth-order valence-corrected chi connectivity index (χ4v) is 3.18. The molecule has 3 N–H and O–H groups in total. The third-order valence-electron chi connectivity index (χ3n) is 4.74. The Balaban J connectivity index is 0.00000280. The van der Waals surface area contributed by atoms with Crippen molar-refractivity contribution in [2.45, 2.75) is 32.3 Å². The first-order valence-corrected chi connectivity index (χ1v) is 9.63. The molecule has 1 aliphatic heterocycles. The Bertz CT molecular complexity index is 779. The summed E-state index contributed by atoms with van der Waals surface area (Å²) in [7, 11) is 0. The highest BCUT2D eigenvalue weighted by Crippen LogP contribution is 2.26. The number of benzene rings is 2. The van der Waals surface area contributed by atoms with Crippen LogP contribution in [0.1, 0.15) is 30.5 Å². The minimum Gasteiger partial charge on any atom is -0.493 e. The van der Waals surface area contributed by atoms with Gasteiger partial charge in [-0.1, -0.05) is 42.5 Å². The van der Waals surface area contributed by atoms with Gasteiger partial charge in [-0.05, 0) is 43.0 Å². The SMILES string of the molecule is CCNC(=NCC(C)(O)c1ccccc1)NCCc1ccc2c(c1)CCO2.I. The number of rotatable bonds is 7. The van der Waals surface area contributed by atoms with Crippen LogP contribution in [-0.4, -0.2) is 37.3 Å². The van der Waals surface area contributed by atoms with Gasteiger partial charge in [0.1, 0.15) is 11.4 Å². The average molecular weight is 495 g/mol. The number of aliphatic imine (C=N–C) groups is 1. The maximum atomic E-state index is 10.7. The molecule has 0 radical (unpaired) electrons. The van der Waals surface area contributed by atoms with Gasteiger partial charge in [0.2, 0.25) is 0 Å². The molecule has 6 heteroatoms. The zero-order valence-corrected chi connectivity index (χ0v) is 18.9. The van der Waals surface area contributed by atoms with Crippen LogP contribution in [0.2, 0.25) is 0 Å². The highest BCUT2D eigenvalue weighted by Gasteiger charge is 2.22. The number of nitrogens with one attached hydrogen (secondary N) is 2. The third kappa shape index (κ3) is 6.10. The molecule has 3 rings (SSSR count). The quantitative estimate of drug-likeness (QED) is 0.314. The molecule has 0 aliphatic carbocycles. The molecule has 152 valence electrons. The molecular formula is C22H30IN3O2. The summed E-state index contributed by atoms with van der Waals surface area (Å²) in [5.41, 5.74) is 2.46. The Morgan fingerprint density at radius 3 is 2.71 bits per heavy atom. The second-order valence-corrected chi connectivity index (χ2v) is 7.05. The molecule has 0 spiro atoms. The van der Waals surface area contributed by atoms with Crippen LogP contribution in [0.3, 0.4) is 0 Å². The first-order chi connectivity index (χ1) is 13.1. The van der Waals surface area contributed by atoms with E-state index in [9.17, 15) is 5.11 Å². The Morgan fingerprint density at radius 2 is 1.96 bits per heavy atom. The lowest BCUT2D eigenvalue weighted by Gasteiger charge is -2.22. The van der Waals surface area contributed by atoms with Crippen LogP contribution in [0.25, 0.3) is 0 Å². The fourth-order valence-electron chi connectivity index (χ4n) is 3.18. The van der Waals surface area contributed by atoms with Crippen LogP contribution in [0.5, 0.6) is 5.75 Å². The second kappa shape index (κ2) is 10.7. The van der Waals surface area contributed by atoms with Gasteiger partial charge in [-0.2, -0.15) is 0 Å². The zero-order valence-electron chi connectivity index (χ0n) is 16.6. The van der Waals surface area contributed by atoms with Gasteiger partial charge in [0.05, 0.1) is 13.2 Å². The standard InChI is InChI=1S/C22H29N3O2.HI/c1-3-23-21(25-16-22(2,26)19-7-5-4-6-8-19)24-13-11-17-9-10-20-18(15-17)12-14-27-20;/h4-10,15,26H,3,11-14,16H2,1-2H3,(H2,23,24,25);1H. The van der Waals surface area contributed by atoms with Gasteiger partial charge in [0, 0.05) is 19.5 Å². The number of guanidine groups is 1. The van der Waals surface area contributed by atoms with E-state index in [1.807, 2.05) is 37.3 Å². The van der Waals surface area contributed by atoms with Gasteiger partial charge >= 0.3 is 0 Å². The van der Waals surface area contributed by atoms with Crippen molar-refractivity contribution >= 4 is 29.9 Å². The summed E-state index contributed by atoms with van der Waals surface area (Å²) in [4.78, 5) is 4.57. The second-order valence-electron chi connectivity index (χ2n) is 7.05. The molecule has 5 nitrogen and oxygen atoms in total. The normalized spacial score (nSPS) is 15.0. The van der Waals surface area contributed by atoms with Crippen molar-refractivity contribution in [3.05, 3.63) is 65.2 Å². The molecule has 2 aromatic rings. The van der Waals surface area contributed by atoms with E-state index >= 15 is 0 Å². The topological polar surface area (TPSA) is 65.9 Å². The van der Waals surface area contributed by atoms with E-state index in [0.717, 1.165) is 49.8 Å². The van der Waals surface area contributed by atoms with Crippen LogP contribution >= 0.6 is 24.0 Å². The lowest BCUT2D eigenvalue weighted by Crippen LogP contribution is -2.39. The number of hydrogen-bond donors (Lipinski definition) is 3. The third-order valence-corrected chi connectivity index (χ3v) is 4.74. The highest BCUT2D eigenvalue weighted by atomic mass is 127. The maximum Gasteiger partial charge on any atom is 0.191 e. The number of hydrogen-bond acceptors (Lipinski definition) is 3. The number of ether oxygens (including phenoxy) is 1. The summed E-state index contributed by atoms with van der Waals surface area (Å²) < 4.78 is 5.56. The van der Waals surface area contributed by atoms with Crippen LogP contribution in [-0.2, 0) is 18.4 Å². The molecular weight excluding hydrogens is 465 g/mol. The Labute approximate surface area is 184 Å². The molecule has 0 saturated carbocycles. The van der Waals surface area contributed by atoms with Crippen molar-refractivity contribution in [2.75, 3.05) is 26.2 Å². The van der Waals surface area contributed by atoms with E-state index in [0.29, 0.717) is 6.54 Å². The lowest BCUT2D eigenvalue weighted by atomic mass is 9.96. The van der Waals surface area contributed by atoms with E-state index in [1.54, 1.807) is 6.92 Å². The van der Waals surface area contributed by atoms with Crippen molar-refractivity contribution in [3.63, 3.8) is 0 Å². The van der Waals surface area contributed by atoms with E-state index in [1.165, 1.54) is 11.1 Å². The Hall–Kier alpha value is -1.80. The number of fused-ring (bicyclic) bond motifs is 1. The van der Waals surface area contributed by atoms with Gasteiger partial charge in [0.25, 0.3) is 0 Å². The van der Waals surface area contributed by atoms with Crippen molar-refractivity contribution < 1.29 is 9.84 Å². The van der Waals surface area contributed by atoms with Crippen LogP contribution in [0.4, 0.5) is 0 Å². The summed E-state index contributed by atoms with van der Waals surface area (Å²) in [6.45, 7) is 6.46. The van der Waals surface area contributed by atoms with Crippen LogP contribution in [0, 0.1) is 0 Å². The minimum absolute atomic E-state index is 0. The predicted molar refractivity (Wildman–Crippen MR) is 125 cm³/mol. The van der Waals surface area contributed by atoms with Gasteiger partial charge in [0.15, 0.2) is 5.96 Å². The van der Waals surface area contributed by atoms with Gasteiger partial charge < -0.3 is 20.5 Å². The monoisotopic (exact) mass is 495 g/mol. The van der Waals surface area contributed by atoms with Crippen LogP contribution < -0.4 is 15.4 Å². The predicted octanol–water partition coefficient (Wildman–Crippen LogP) is 3.24. The van der Waals surface area contributed by atoms with E-state index in [2.05, 4.69) is 33.8 Å². The fraction of sp³-hybridized carbons (Fsp3) is 0.409. The van der Waals surface area contributed by atoms with Crippen molar-refractivity contribution in [2.24, 2.45) is 4.99 Å².